The number of phenolic OH excluding ortho intramolecular Hbond substituents is 2. The molecule has 2 rings (SSSR count). The summed E-state index contributed by atoms with van der Waals surface area (Å²) in [6.45, 7) is 0.613. The van der Waals surface area contributed by atoms with Crippen molar-refractivity contribution in [1.29, 1.82) is 0 Å². The van der Waals surface area contributed by atoms with Crippen LogP contribution in [0.2, 0.25) is 0 Å². The Morgan fingerprint density at radius 1 is 1.35 bits per heavy atom. The van der Waals surface area contributed by atoms with Crippen LogP contribution in [0, 0.1) is 0 Å². The predicted octanol–water partition coefficient (Wildman–Crippen LogP) is 2.47. The molecule has 2 unspecified atom stereocenters. The van der Waals surface area contributed by atoms with Gasteiger partial charge in [-0.05, 0) is 25.2 Å². The quantitative estimate of drug-likeness (QED) is 0.722. The van der Waals surface area contributed by atoms with Crippen LogP contribution in [0.1, 0.15) is 24.8 Å². The van der Waals surface area contributed by atoms with Crippen LogP contribution in [0.5, 0.6) is 11.5 Å². The molecule has 0 amide bonds. The first-order valence-electron chi connectivity index (χ1n) is 5.98. The van der Waals surface area contributed by atoms with Gasteiger partial charge in [0.1, 0.15) is 0 Å². The molecule has 4 heteroatoms. The van der Waals surface area contributed by atoms with E-state index >= 15 is 0 Å². The van der Waals surface area contributed by atoms with Crippen LogP contribution in [0.25, 0.3) is 0 Å². The first-order chi connectivity index (χ1) is 8.22. The van der Waals surface area contributed by atoms with Crippen molar-refractivity contribution >= 4 is 11.8 Å². The highest BCUT2D eigenvalue weighted by Gasteiger charge is 2.25. The zero-order valence-corrected chi connectivity index (χ0v) is 10.8. The molecular weight excluding hydrogens is 234 g/mol. The Bertz CT molecular complexity index is 384. The lowest BCUT2D eigenvalue weighted by Crippen LogP contribution is -2.33. The van der Waals surface area contributed by atoms with E-state index in [-0.39, 0.29) is 11.5 Å². The number of rotatable bonds is 4. The maximum atomic E-state index is 9.70. The molecule has 0 aliphatic heterocycles. The summed E-state index contributed by atoms with van der Waals surface area (Å²) in [5.74, 6) is -0.0455. The van der Waals surface area contributed by atoms with Gasteiger partial charge in [0.05, 0.1) is 0 Å². The summed E-state index contributed by atoms with van der Waals surface area (Å²) in [7, 11) is 0. The standard InChI is InChI=1S/C13H19NO2S/c1-17-12-7-3-5-10(12)14-8-9-4-2-6-11(15)13(9)16/h2,4,6,10,12,14-16H,3,5,7-8H2,1H3. The number of aromatic hydroxyl groups is 2. The second-order valence-electron chi connectivity index (χ2n) is 4.48. The van der Waals surface area contributed by atoms with Crippen LogP contribution in [0.3, 0.4) is 0 Å². The molecule has 0 radical (unpaired) electrons. The number of hydrogen-bond donors (Lipinski definition) is 3. The van der Waals surface area contributed by atoms with Crippen LogP contribution >= 0.6 is 11.8 Å². The van der Waals surface area contributed by atoms with Gasteiger partial charge >= 0.3 is 0 Å². The summed E-state index contributed by atoms with van der Waals surface area (Å²) in [5, 5.41) is 23.3. The van der Waals surface area contributed by atoms with Crippen molar-refractivity contribution in [3.05, 3.63) is 23.8 Å². The second-order valence-corrected chi connectivity index (χ2v) is 5.55. The lowest BCUT2D eigenvalue weighted by Gasteiger charge is -2.19. The van der Waals surface area contributed by atoms with Crippen molar-refractivity contribution in [2.45, 2.75) is 37.1 Å². The van der Waals surface area contributed by atoms with E-state index in [1.54, 1.807) is 6.07 Å². The van der Waals surface area contributed by atoms with Crippen LogP contribution < -0.4 is 5.32 Å². The molecule has 0 aromatic heterocycles. The maximum Gasteiger partial charge on any atom is 0.161 e. The van der Waals surface area contributed by atoms with Gasteiger partial charge in [0.25, 0.3) is 0 Å². The summed E-state index contributed by atoms with van der Waals surface area (Å²) < 4.78 is 0. The Hall–Kier alpha value is -0.870. The fourth-order valence-corrected chi connectivity index (χ4v) is 3.37. The SMILES string of the molecule is CSC1CCCC1NCc1cccc(O)c1O. The summed E-state index contributed by atoms with van der Waals surface area (Å²) in [6.07, 6.45) is 5.89. The Kier molecular flexibility index (Phi) is 4.18. The maximum absolute atomic E-state index is 9.70. The van der Waals surface area contributed by atoms with Crippen LogP contribution in [-0.2, 0) is 6.54 Å². The summed E-state index contributed by atoms with van der Waals surface area (Å²) >= 11 is 1.91. The lowest BCUT2D eigenvalue weighted by atomic mass is 10.1. The Balaban J connectivity index is 1.95. The molecule has 0 heterocycles. The fraction of sp³-hybridized carbons (Fsp3) is 0.538. The molecule has 1 fully saturated rings. The lowest BCUT2D eigenvalue weighted by molar-refractivity contribution is 0.396. The van der Waals surface area contributed by atoms with Crippen molar-refractivity contribution in [1.82, 2.24) is 5.32 Å². The van der Waals surface area contributed by atoms with Crippen molar-refractivity contribution in [2.75, 3.05) is 6.26 Å². The van der Waals surface area contributed by atoms with E-state index < -0.39 is 0 Å². The summed E-state index contributed by atoms with van der Waals surface area (Å²) in [4.78, 5) is 0. The van der Waals surface area contributed by atoms with E-state index in [2.05, 4.69) is 11.6 Å². The van der Waals surface area contributed by atoms with Gasteiger partial charge in [-0.2, -0.15) is 11.8 Å². The molecule has 3 nitrogen and oxygen atoms in total. The molecule has 1 aromatic carbocycles. The molecular formula is C13H19NO2S. The van der Waals surface area contributed by atoms with E-state index in [1.807, 2.05) is 17.8 Å². The Morgan fingerprint density at radius 3 is 2.94 bits per heavy atom. The molecule has 3 N–H and O–H groups in total. The molecule has 1 aromatic rings. The van der Waals surface area contributed by atoms with Crippen molar-refractivity contribution in [3.8, 4) is 11.5 Å². The minimum atomic E-state index is -0.0443. The van der Waals surface area contributed by atoms with Gasteiger partial charge in [-0.3, -0.25) is 0 Å². The third-order valence-electron chi connectivity index (χ3n) is 3.41. The Morgan fingerprint density at radius 2 is 2.18 bits per heavy atom. The van der Waals surface area contributed by atoms with Crippen molar-refractivity contribution in [2.24, 2.45) is 0 Å². The van der Waals surface area contributed by atoms with E-state index in [0.717, 1.165) is 5.56 Å². The smallest absolute Gasteiger partial charge is 0.161 e. The van der Waals surface area contributed by atoms with Crippen molar-refractivity contribution < 1.29 is 10.2 Å². The normalized spacial score (nSPS) is 24.1. The minimum Gasteiger partial charge on any atom is -0.504 e. The first kappa shape index (κ1) is 12.6. The highest BCUT2D eigenvalue weighted by molar-refractivity contribution is 7.99. The average molecular weight is 253 g/mol. The van der Waals surface area contributed by atoms with Gasteiger partial charge in [-0.15, -0.1) is 0 Å². The number of nitrogens with one attached hydrogen (secondary N) is 1. The van der Waals surface area contributed by atoms with Gasteiger partial charge in [0.15, 0.2) is 11.5 Å². The number of benzene rings is 1. The molecule has 1 aliphatic rings. The molecule has 1 saturated carbocycles. The minimum absolute atomic E-state index is 0.00121. The topological polar surface area (TPSA) is 52.5 Å². The number of hydrogen-bond acceptors (Lipinski definition) is 4. The largest absolute Gasteiger partial charge is 0.504 e. The molecule has 1 aliphatic carbocycles. The number of para-hydroxylation sites is 1. The highest BCUT2D eigenvalue weighted by atomic mass is 32.2. The van der Waals surface area contributed by atoms with E-state index in [1.165, 1.54) is 25.3 Å². The number of thioether (sulfide) groups is 1. The van der Waals surface area contributed by atoms with Gasteiger partial charge in [0, 0.05) is 23.4 Å². The molecule has 17 heavy (non-hydrogen) atoms. The van der Waals surface area contributed by atoms with E-state index in [0.29, 0.717) is 17.8 Å². The molecule has 0 saturated heterocycles. The summed E-state index contributed by atoms with van der Waals surface area (Å²) in [5.41, 5.74) is 0.761. The van der Waals surface area contributed by atoms with Crippen molar-refractivity contribution in [3.63, 3.8) is 0 Å². The van der Waals surface area contributed by atoms with Crippen LogP contribution in [0.15, 0.2) is 18.2 Å². The van der Waals surface area contributed by atoms with Gasteiger partial charge in [0.2, 0.25) is 0 Å². The molecule has 94 valence electrons. The number of phenols is 2. The predicted molar refractivity (Wildman–Crippen MR) is 71.6 cm³/mol. The third kappa shape index (κ3) is 2.87. The van der Waals surface area contributed by atoms with E-state index in [9.17, 15) is 10.2 Å². The molecule has 0 bridgehead atoms. The second kappa shape index (κ2) is 5.65. The third-order valence-corrected chi connectivity index (χ3v) is 4.58. The van der Waals surface area contributed by atoms with Gasteiger partial charge in [-0.25, -0.2) is 0 Å². The fourth-order valence-electron chi connectivity index (χ4n) is 2.40. The van der Waals surface area contributed by atoms with Gasteiger partial charge < -0.3 is 15.5 Å². The first-order valence-corrected chi connectivity index (χ1v) is 7.27. The van der Waals surface area contributed by atoms with Gasteiger partial charge in [-0.1, -0.05) is 18.6 Å². The molecule has 0 spiro atoms. The highest BCUT2D eigenvalue weighted by Crippen LogP contribution is 2.31. The average Bonchev–Trinajstić information content (AvgIpc) is 2.78. The zero-order valence-electron chi connectivity index (χ0n) is 10.0. The summed E-state index contributed by atoms with van der Waals surface area (Å²) in [6, 6.07) is 5.61. The Labute approximate surface area is 106 Å². The van der Waals surface area contributed by atoms with E-state index in [4.69, 9.17) is 0 Å². The van der Waals surface area contributed by atoms with Crippen LogP contribution in [0.4, 0.5) is 0 Å². The zero-order chi connectivity index (χ0) is 12.3. The monoisotopic (exact) mass is 253 g/mol. The van der Waals surface area contributed by atoms with Crippen LogP contribution in [-0.4, -0.2) is 27.8 Å². The molecule has 2 atom stereocenters.